The minimum Gasteiger partial charge on any atom is -0.448 e. The fraction of sp³-hybridized carbons (Fsp3) is 0.300. The first-order valence-corrected chi connectivity index (χ1v) is 6.62. The Balaban J connectivity index is 3.11. The van der Waals surface area contributed by atoms with E-state index >= 15 is 0 Å². The van der Waals surface area contributed by atoms with E-state index in [2.05, 4.69) is 9.10 Å². The van der Waals surface area contributed by atoms with Gasteiger partial charge in [-0.1, -0.05) is 6.07 Å². The summed E-state index contributed by atoms with van der Waals surface area (Å²) in [5.74, 6) is 0. The Labute approximate surface area is 94.8 Å². The molecule has 0 aromatic heterocycles. The molecule has 0 radical (unpaired) electrons. The average molecular weight is 242 g/mol. The van der Waals surface area contributed by atoms with Gasteiger partial charge in [-0.25, -0.2) is 9.00 Å². The summed E-state index contributed by atoms with van der Waals surface area (Å²) in [5.41, 5.74) is 6.04. The maximum atomic E-state index is 12.1. The molecule has 0 aliphatic carbocycles. The van der Waals surface area contributed by atoms with Crippen molar-refractivity contribution in [1.29, 1.82) is 0 Å². The summed E-state index contributed by atoms with van der Waals surface area (Å²) in [6.45, 7) is 1.86. The van der Waals surface area contributed by atoms with Crippen LogP contribution in [0, 0.1) is 0 Å². The Morgan fingerprint density at radius 3 is 2.81 bits per heavy atom. The summed E-state index contributed by atoms with van der Waals surface area (Å²) >= 11 is 0. The van der Waals surface area contributed by atoms with Gasteiger partial charge in [-0.3, -0.25) is 0 Å². The lowest BCUT2D eigenvalue weighted by molar-refractivity contribution is 0.164. The predicted molar refractivity (Wildman–Crippen MR) is 62.6 cm³/mol. The molecule has 0 fully saturated rings. The third-order valence-electron chi connectivity index (χ3n) is 1.81. The lowest BCUT2D eigenvalue weighted by atomic mass is 10.3. The molecule has 16 heavy (non-hydrogen) atoms. The summed E-state index contributed by atoms with van der Waals surface area (Å²) in [4.78, 5) is 11.5. The van der Waals surface area contributed by atoms with Crippen molar-refractivity contribution < 1.29 is 13.7 Å². The molecule has 0 aliphatic heterocycles. The molecule has 0 spiro atoms. The molecule has 1 rings (SSSR count). The number of carbonyl (C=O) groups is 1. The molecule has 1 atom stereocenters. The van der Waals surface area contributed by atoms with Crippen molar-refractivity contribution in [2.24, 2.45) is 4.36 Å². The van der Waals surface area contributed by atoms with Gasteiger partial charge in [-0.2, -0.15) is 0 Å². The van der Waals surface area contributed by atoms with E-state index in [1.54, 1.807) is 25.1 Å². The zero-order valence-electron chi connectivity index (χ0n) is 9.17. The van der Waals surface area contributed by atoms with E-state index < -0.39 is 15.8 Å². The number of nitrogens with zero attached hydrogens (tertiary/aromatic N) is 1. The van der Waals surface area contributed by atoms with Gasteiger partial charge >= 0.3 is 6.09 Å². The van der Waals surface area contributed by atoms with Crippen LogP contribution in [0.2, 0.25) is 0 Å². The van der Waals surface area contributed by atoms with Crippen molar-refractivity contribution >= 4 is 21.5 Å². The first-order chi connectivity index (χ1) is 7.45. The van der Waals surface area contributed by atoms with E-state index in [-0.39, 0.29) is 6.61 Å². The number of rotatable bonds is 2. The standard InChI is InChI=1S/C10H14N2O3S/c1-3-15-10(13)12-16(2,14)9-6-4-5-8(11)7-9/h4-7H,3,11H2,1-2H3/t16-/m1/s1. The number of nitrogens with two attached hydrogens (primary N) is 1. The number of anilines is 1. The summed E-state index contributed by atoms with van der Waals surface area (Å²) in [7, 11) is -2.78. The van der Waals surface area contributed by atoms with Crippen LogP contribution >= 0.6 is 0 Å². The van der Waals surface area contributed by atoms with Gasteiger partial charge in [0.25, 0.3) is 0 Å². The lowest BCUT2D eigenvalue weighted by Crippen LogP contribution is -2.05. The zero-order valence-corrected chi connectivity index (χ0v) is 9.99. The summed E-state index contributed by atoms with van der Waals surface area (Å²) < 4.78 is 20.2. The van der Waals surface area contributed by atoms with Gasteiger partial charge in [0, 0.05) is 16.8 Å². The lowest BCUT2D eigenvalue weighted by Gasteiger charge is -2.04. The maximum absolute atomic E-state index is 12.1. The smallest absolute Gasteiger partial charge is 0.442 e. The number of hydrogen-bond acceptors (Lipinski definition) is 4. The van der Waals surface area contributed by atoms with Crippen molar-refractivity contribution in [1.82, 2.24) is 0 Å². The molecule has 2 N–H and O–H groups in total. The SMILES string of the molecule is CCOC(=O)N=[S@](C)(=O)c1cccc(N)c1. The fourth-order valence-electron chi connectivity index (χ4n) is 1.09. The van der Waals surface area contributed by atoms with Crippen LogP contribution in [0.15, 0.2) is 33.5 Å². The molecule has 0 saturated carbocycles. The summed E-state index contributed by atoms with van der Waals surface area (Å²) in [6, 6.07) is 6.48. The van der Waals surface area contributed by atoms with Crippen LogP contribution in [0.3, 0.4) is 0 Å². The molecule has 5 nitrogen and oxygen atoms in total. The van der Waals surface area contributed by atoms with E-state index in [9.17, 15) is 9.00 Å². The van der Waals surface area contributed by atoms with Gasteiger partial charge in [-0.05, 0) is 25.1 Å². The molecule has 6 heteroatoms. The van der Waals surface area contributed by atoms with Gasteiger partial charge in [0.15, 0.2) is 0 Å². The minimum absolute atomic E-state index is 0.203. The monoisotopic (exact) mass is 242 g/mol. The van der Waals surface area contributed by atoms with Crippen LogP contribution in [0.25, 0.3) is 0 Å². The third kappa shape index (κ3) is 3.23. The molecule has 0 aliphatic rings. The Hall–Kier alpha value is -1.56. The first kappa shape index (κ1) is 12.5. The Kier molecular flexibility index (Phi) is 3.89. The van der Waals surface area contributed by atoms with Gasteiger partial charge in [0.05, 0.1) is 16.3 Å². The second-order valence-corrected chi connectivity index (χ2v) is 5.42. The first-order valence-electron chi connectivity index (χ1n) is 4.70. The quantitative estimate of drug-likeness (QED) is 0.803. The zero-order chi connectivity index (χ0) is 12.2. The van der Waals surface area contributed by atoms with Gasteiger partial charge < -0.3 is 10.5 Å². The molecule has 0 unspecified atom stereocenters. The van der Waals surface area contributed by atoms with Gasteiger partial charge in [-0.15, -0.1) is 4.36 Å². The van der Waals surface area contributed by atoms with Gasteiger partial charge in [0.1, 0.15) is 0 Å². The molecule has 0 bridgehead atoms. The second kappa shape index (κ2) is 4.98. The highest BCUT2D eigenvalue weighted by molar-refractivity contribution is 7.93. The molecule has 1 aromatic carbocycles. The van der Waals surface area contributed by atoms with E-state index in [0.717, 1.165) is 0 Å². The number of nitrogen functional groups attached to an aromatic ring is 1. The highest BCUT2D eigenvalue weighted by Crippen LogP contribution is 2.15. The number of hydrogen-bond donors (Lipinski definition) is 1. The third-order valence-corrected chi connectivity index (χ3v) is 3.44. The Morgan fingerprint density at radius 1 is 1.56 bits per heavy atom. The number of carbonyl (C=O) groups excluding carboxylic acids is 1. The number of amides is 1. The molecule has 0 heterocycles. The van der Waals surface area contributed by atoms with E-state index in [1.807, 2.05) is 0 Å². The minimum atomic E-state index is -2.78. The van der Waals surface area contributed by atoms with Crippen molar-refractivity contribution in [3.05, 3.63) is 24.3 Å². The molecule has 1 aromatic rings. The van der Waals surface area contributed by atoms with E-state index in [1.165, 1.54) is 12.3 Å². The number of benzene rings is 1. The normalized spacial score (nSPS) is 13.9. The predicted octanol–water partition coefficient (Wildman–Crippen LogP) is 1.88. The highest BCUT2D eigenvalue weighted by Gasteiger charge is 2.09. The molecule has 0 saturated heterocycles. The maximum Gasteiger partial charge on any atom is 0.442 e. The van der Waals surface area contributed by atoms with Crippen LogP contribution in [0.4, 0.5) is 10.5 Å². The highest BCUT2D eigenvalue weighted by atomic mass is 32.2. The number of ether oxygens (including phenoxy) is 1. The van der Waals surface area contributed by atoms with Crippen LogP contribution in [0.5, 0.6) is 0 Å². The Bertz CT molecular complexity index is 505. The van der Waals surface area contributed by atoms with Gasteiger partial charge in [0.2, 0.25) is 0 Å². The van der Waals surface area contributed by atoms with Crippen molar-refractivity contribution in [2.75, 3.05) is 18.6 Å². The van der Waals surface area contributed by atoms with Crippen molar-refractivity contribution in [3.8, 4) is 0 Å². The molecular formula is C10H14N2O3S. The van der Waals surface area contributed by atoms with E-state index in [4.69, 9.17) is 5.73 Å². The molecular weight excluding hydrogens is 228 g/mol. The van der Waals surface area contributed by atoms with Crippen LogP contribution in [-0.2, 0) is 14.5 Å². The van der Waals surface area contributed by atoms with Crippen molar-refractivity contribution in [2.45, 2.75) is 11.8 Å². The fourth-order valence-corrected chi connectivity index (χ4v) is 2.22. The summed E-state index contributed by atoms with van der Waals surface area (Å²) in [6.07, 6.45) is 0.552. The van der Waals surface area contributed by atoms with Crippen molar-refractivity contribution in [3.63, 3.8) is 0 Å². The van der Waals surface area contributed by atoms with Crippen LogP contribution in [0.1, 0.15) is 6.92 Å². The molecule has 88 valence electrons. The topological polar surface area (TPSA) is 81.8 Å². The van der Waals surface area contributed by atoms with E-state index in [0.29, 0.717) is 10.6 Å². The Morgan fingerprint density at radius 2 is 2.25 bits per heavy atom. The summed E-state index contributed by atoms with van der Waals surface area (Å²) in [5, 5.41) is 0. The van der Waals surface area contributed by atoms with Crippen LogP contribution in [-0.4, -0.2) is 23.2 Å². The average Bonchev–Trinajstić information content (AvgIpc) is 2.17. The second-order valence-electron chi connectivity index (χ2n) is 3.17. The molecule has 1 amide bonds. The largest absolute Gasteiger partial charge is 0.448 e. The van der Waals surface area contributed by atoms with Crippen LogP contribution < -0.4 is 5.73 Å².